The minimum Gasteiger partial charge on any atom is -0.469 e. The van der Waals surface area contributed by atoms with Crippen molar-refractivity contribution in [2.24, 2.45) is 0 Å². The van der Waals surface area contributed by atoms with Gasteiger partial charge in [0.15, 0.2) is 0 Å². The summed E-state index contributed by atoms with van der Waals surface area (Å²) in [5.41, 5.74) is 2.75. The highest BCUT2D eigenvalue weighted by atomic mass is 35.5. The molecular formula is C12H11ClO2. The number of furan rings is 1. The molecule has 0 unspecified atom stereocenters. The molecule has 0 saturated heterocycles. The van der Waals surface area contributed by atoms with Crippen LogP contribution < -0.4 is 0 Å². The van der Waals surface area contributed by atoms with Gasteiger partial charge in [-0.15, -0.1) is 0 Å². The minimum absolute atomic E-state index is 0.0136. The molecule has 78 valence electrons. The Morgan fingerprint density at radius 1 is 1.27 bits per heavy atom. The van der Waals surface area contributed by atoms with Gasteiger partial charge in [-0.3, -0.25) is 0 Å². The minimum atomic E-state index is -0.0136. The lowest BCUT2D eigenvalue weighted by Gasteiger charge is -2.01. The molecule has 0 radical (unpaired) electrons. The smallest absolute Gasteiger partial charge is 0.106 e. The van der Waals surface area contributed by atoms with Crippen LogP contribution in [0, 0.1) is 6.92 Å². The quantitative estimate of drug-likeness (QED) is 0.845. The summed E-state index contributed by atoms with van der Waals surface area (Å²) in [4.78, 5) is 0. The molecule has 1 aromatic carbocycles. The summed E-state index contributed by atoms with van der Waals surface area (Å²) in [6, 6.07) is 7.46. The number of aliphatic hydroxyl groups is 1. The second-order valence-electron chi connectivity index (χ2n) is 3.35. The maximum absolute atomic E-state index is 9.22. The van der Waals surface area contributed by atoms with Crippen LogP contribution >= 0.6 is 11.6 Å². The topological polar surface area (TPSA) is 33.4 Å². The standard InChI is InChI=1S/C12H11ClO2/c1-8-11(6-14)12(7-15-8)9-2-4-10(13)5-3-9/h2-5,7,14H,6H2,1H3. The maximum Gasteiger partial charge on any atom is 0.106 e. The number of benzene rings is 1. The van der Waals surface area contributed by atoms with Crippen LogP contribution in [-0.2, 0) is 6.61 Å². The molecule has 2 nitrogen and oxygen atoms in total. The molecule has 1 N–H and O–H groups in total. The first-order valence-electron chi connectivity index (χ1n) is 4.66. The van der Waals surface area contributed by atoms with Crippen LogP contribution in [0.2, 0.25) is 5.02 Å². The first-order valence-corrected chi connectivity index (χ1v) is 5.04. The Morgan fingerprint density at radius 3 is 2.53 bits per heavy atom. The highest BCUT2D eigenvalue weighted by Crippen LogP contribution is 2.28. The van der Waals surface area contributed by atoms with E-state index in [1.807, 2.05) is 31.2 Å². The first kappa shape index (κ1) is 10.3. The fourth-order valence-corrected chi connectivity index (χ4v) is 1.67. The van der Waals surface area contributed by atoms with Gasteiger partial charge in [0, 0.05) is 16.1 Å². The Hall–Kier alpha value is -1.25. The molecule has 0 atom stereocenters. The normalized spacial score (nSPS) is 10.6. The molecule has 0 saturated carbocycles. The van der Waals surface area contributed by atoms with E-state index in [-0.39, 0.29) is 6.61 Å². The number of hydrogen-bond acceptors (Lipinski definition) is 2. The highest BCUT2D eigenvalue weighted by molar-refractivity contribution is 6.30. The Labute approximate surface area is 93.1 Å². The van der Waals surface area contributed by atoms with Gasteiger partial charge in [-0.25, -0.2) is 0 Å². The third-order valence-electron chi connectivity index (χ3n) is 2.42. The van der Waals surface area contributed by atoms with Crippen LogP contribution in [0.15, 0.2) is 34.9 Å². The Kier molecular flexibility index (Phi) is 2.80. The van der Waals surface area contributed by atoms with Gasteiger partial charge in [0.2, 0.25) is 0 Å². The van der Waals surface area contributed by atoms with Crippen molar-refractivity contribution in [1.29, 1.82) is 0 Å². The Bertz CT molecular complexity index is 457. The van der Waals surface area contributed by atoms with E-state index in [1.165, 1.54) is 0 Å². The van der Waals surface area contributed by atoms with Gasteiger partial charge < -0.3 is 9.52 Å². The summed E-state index contributed by atoms with van der Waals surface area (Å²) >= 11 is 5.81. The molecule has 0 spiro atoms. The lowest BCUT2D eigenvalue weighted by Crippen LogP contribution is -1.86. The number of aliphatic hydroxyl groups excluding tert-OH is 1. The van der Waals surface area contributed by atoms with Crippen LogP contribution in [0.25, 0.3) is 11.1 Å². The van der Waals surface area contributed by atoms with Crippen molar-refractivity contribution in [3.63, 3.8) is 0 Å². The van der Waals surface area contributed by atoms with Crippen LogP contribution in [-0.4, -0.2) is 5.11 Å². The zero-order valence-electron chi connectivity index (χ0n) is 8.33. The second kappa shape index (κ2) is 4.09. The molecule has 0 fully saturated rings. The van der Waals surface area contributed by atoms with E-state index in [9.17, 15) is 5.11 Å². The summed E-state index contributed by atoms with van der Waals surface area (Å²) < 4.78 is 5.28. The van der Waals surface area contributed by atoms with Crippen LogP contribution in [0.5, 0.6) is 0 Å². The maximum atomic E-state index is 9.22. The average molecular weight is 223 g/mol. The lowest BCUT2D eigenvalue weighted by atomic mass is 10.0. The average Bonchev–Trinajstić information content (AvgIpc) is 2.61. The monoisotopic (exact) mass is 222 g/mol. The molecule has 0 aliphatic rings. The van der Waals surface area contributed by atoms with Crippen LogP contribution in [0.1, 0.15) is 11.3 Å². The molecule has 15 heavy (non-hydrogen) atoms. The van der Waals surface area contributed by atoms with Crippen LogP contribution in [0.3, 0.4) is 0 Å². The molecular weight excluding hydrogens is 212 g/mol. The molecule has 0 aliphatic heterocycles. The molecule has 1 heterocycles. The zero-order valence-corrected chi connectivity index (χ0v) is 9.08. The highest BCUT2D eigenvalue weighted by Gasteiger charge is 2.10. The van der Waals surface area contributed by atoms with E-state index < -0.39 is 0 Å². The summed E-state index contributed by atoms with van der Waals surface area (Å²) in [7, 11) is 0. The third kappa shape index (κ3) is 1.91. The van der Waals surface area contributed by atoms with Crippen molar-refractivity contribution >= 4 is 11.6 Å². The molecule has 1 aromatic heterocycles. The van der Waals surface area contributed by atoms with Gasteiger partial charge in [0.1, 0.15) is 5.76 Å². The second-order valence-corrected chi connectivity index (χ2v) is 3.79. The lowest BCUT2D eigenvalue weighted by molar-refractivity contribution is 0.279. The van der Waals surface area contributed by atoms with E-state index in [0.29, 0.717) is 5.02 Å². The summed E-state index contributed by atoms with van der Waals surface area (Å²) in [6.07, 6.45) is 1.66. The van der Waals surface area contributed by atoms with E-state index in [2.05, 4.69) is 0 Å². The van der Waals surface area contributed by atoms with Gasteiger partial charge in [0.05, 0.1) is 12.9 Å². The van der Waals surface area contributed by atoms with Crippen molar-refractivity contribution in [3.05, 3.63) is 46.9 Å². The van der Waals surface area contributed by atoms with Gasteiger partial charge in [0.25, 0.3) is 0 Å². The predicted octanol–water partition coefficient (Wildman–Crippen LogP) is 3.40. The fraction of sp³-hybridized carbons (Fsp3) is 0.167. The fourth-order valence-electron chi connectivity index (χ4n) is 1.55. The summed E-state index contributed by atoms with van der Waals surface area (Å²) in [6.45, 7) is 1.82. The van der Waals surface area contributed by atoms with Gasteiger partial charge >= 0.3 is 0 Å². The molecule has 0 bridgehead atoms. The predicted molar refractivity (Wildman–Crippen MR) is 59.8 cm³/mol. The van der Waals surface area contributed by atoms with Gasteiger partial charge in [-0.05, 0) is 24.6 Å². The van der Waals surface area contributed by atoms with Crippen molar-refractivity contribution < 1.29 is 9.52 Å². The van der Waals surface area contributed by atoms with Crippen LogP contribution in [0.4, 0.5) is 0 Å². The summed E-state index contributed by atoms with van der Waals surface area (Å²) in [5, 5.41) is 9.92. The SMILES string of the molecule is Cc1occ(-c2ccc(Cl)cc2)c1CO. The van der Waals surface area contributed by atoms with E-state index in [1.54, 1.807) is 6.26 Å². The van der Waals surface area contributed by atoms with E-state index in [4.69, 9.17) is 16.0 Å². The molecule has 0 amide bonds. The van der Waals surface area contributed by atoms with E-state index >= 15 is 0 Å². The van der Waals surface area contributed by atoms with Gasteiger partial charge in [-0.1, -0.05) is 23.7 Å². The first-order chi connectivity index (χ1) is 7.22. The number of halogens is 1. The zero-order chi connectivity index (χ0) is 10.8. The molecule has 2 rings (SSSR count). The third-order valence-corrected chi connectivity index (χ3v) is 2.67. The number of hydrogen-bond donors (Lipinski definition) is 1. The Morgan fingerprint density at radius 2 is 1.93 bits per heavy atom. The van der Waals surface area contributed by atoms with Crippen molar-refractivity contribution in [2.75, 3.05) is 0 Å². The molecule has 2 aromatic rings. The van der Waals surface area contributed by atoms with Crippen molar-refractivity contribution in [3.8, 4) is 11.1 Å². The largest absolute Gasteiger partial charge is 0.469 e. The van der Waals surface area contributed by atoms with E-state index in [0.717, 1.165) is 22.5 Å². The van der Waals surface area contributed by atoms with Crippen molar-refractivity contribution in [2.45, 2.75) is 13.5 Å². The number of rotatable bonds is 2. The van der Waals surface area contributed by atoms with Gasteiger partial charge in [-0.2, -0.15) is 0 Å². The summed E-state index contributed by atoms with van der Waals surface area (Å²) in [5.74, 6) is 0.752. The Balaban J connectivity index is 2.49. The number of aryl methyl sites for hydroxylation is 1. The molecule has 3 heteroatoms. The molecule has 0 aliphatic carbocycles. The van der Waals surface area contributed by atoms with Crippen molar-refractivity contribution in [1.82, 2.24) is 0 Å².